The zero-order valence-corrected chi connectivity index (χ0v) is 32.2. The van der Waals surface area contributed by atoms with Crippen LogP contribution in [-0.2, 0) is 26.3 Å². The highest BCUT2D eigenvalue weighted by Crippen LogP contribution is 2.39. The molecule has 1 saturated heterocycles. The zero-order valence-electron chi connectivity index (χ0n) is 31.4. The monoisotopic (exact) mass is 758 g/mol. The van der Waals surface area contributed by atoms with Gasteiger partial charge in [-0.1, -0.05) is 51.1 Å². The molecule has 3 aromatic heterocycles. The van der Waals surface area contributed by atoms with E-state index < -0.39 is 27.4 Å². The second-order valence-electron chi connectivity index (χ2n) is 15.4. The SMILES string of the molecule is C[C@@H]1CCC[C@H](C)N1c1nnc2ccc(O[C@@H]3CC[C@H](NC(=O)Nc4cc(C(C)(C)C)nn4-c4cc(COS(C)(=O)=O)ccc4F)c4ccccc43)cn12. The van der Waals surface area contributed by atoms with Crippen LogP contribution in [0.4, 0.5) is 21.0 Å². The summed E-state index contributed by atoms with van der Waals surface area (Å²) in [5, 5.41) is 19.7. The molecular weight excluding hydrogens is 712 g/mol. The summed E-state index contributed by atoms with van der Waals surface area (Å²) in [5.41, 5.74) is 3.34. The van der Waals surface area contributed by atoms with Crippen LogP contribution in [0.5, 0.6) is 5.75 Å². The number of hydrogen-bond donors (Lipinski definition) is 2. The molecule has 5 aromatic rings. The summed E-state index contributed by atoms with van der Waals surface area (Å²) in [5.74, 6) is 1.17. The third-order valence-electron chi connectivity index (χ3n) is 10.2. The fraction of sp³-hybridized carbons (Fsp3) is 0.436. The molecule has 1 aliphatic carbocycles. The number of carbonyl (C=O) groups excluding carboxylic acids is 1. The number of halogens is 1. The molecule has 2 aromatic carbocycles. The van der Waals surface area contributed by atoms with E-state index in [1.54, 1.807) is 6.07 Å². The van der Waals surface area contributed by atoms with Gasteiger partial charge in [-0.2, -0.15) is 13.5 Å². The summed E-state index contributed by atoms with van der Waals surface area (Å²) in [6.07, 6.45) is 7.35. The maximum Gasteiger partial charge on any atom is 0.320 e. The van der Waals surface area contributed by atoms with Crippen molar-refractivity contribution in [1.82, 2.24) is 29.7 Å². The number of carbonyl (C=O) groups is 1. The van der Waals surface area contributed by atoms with Crippen LogP contribution in [0.2, 0.25) is 0 Å². The van der Waals surface area contributed by atoms with Crippen LogP contribution in [0, 0.1) is 5.82 Å². The van der Waals surface area contributed by atoms with Crippen LogP contribution >= 0.6 is 0 Å². The van der Waals surface area contributed by atoms with Gasteiger partial charge in [0.1, 0.15) is 29.2 Å². The topological polar surface area (TPSA) is 145 Å². The Bertz CT molecular complexity index is 2270. The van der Waals surface area contributed by atoms with Crippen LogP contribution in [0.1, 0.15) is 101 Å². The van der Waals surface area contributed by atoms with Crippen molar-refractivity contribution in [2.24, 2.45) is 0 Å². The molecule has 286 valence electrons. The van der Waals surface area contributed by atoms with Crippen LogP contribution in [-0.4, -0.2) is 57.2 Å². The van der Waals surface area contributed by atoms with Crippen LogP contribution in [0.3, 0.4) is 0 Å². The van der Waals surface area contributed by atoms with E-state index in [1.165, 1.54) is 29.3 Å². The highest BCUT2D eigenvalue weighted by atomic mass is 32.2. The number of ether oxygens (including phenoxy) is 1. The molecule has 1 fully saturated rings. The number of amides is 2. The Morgan fingerprint density at radius 2 is 1.70 bits per heavy atom. The lowest BCUT2D eigenvalue weighted by Crippen LogP contribution is -2.44. The second kappa shape index (κ2) is 14.7. The Morgan fingerprint density at radius 1 is 0.963 bits per heavy atom. The number of anilines is 2. The molecule has 2 aliphatic rings. The number of nitrogens with one attached hydrogen (secondary N) is 2. The lowest BCUT2D eigenvalue weighted by molar-refractivity contribution is 0.171. The highest BCUT2D eigenvalue weighted by molar-refractivity contribution is 7.85. The molecule has 0 saturated carbocycles. The van der Waals surface area contributed by atoms with E-state index in [-0.39, 0.29) is 30.3 Å². The summed E-state index contributed by atoms with van der Waals surface area (Å²) in [6, 6.07) is 17.5. The van der Waals surface area contributed by atoms with Gasteiger partial charge < -0.3 is 15.0 Å². The van der Waals surface area contributed by atoms with Gasteiger partial charge >= 0.3 is 6.03 Å². The fourth-order valence-electron chi connectivity index (χ4n) is 7.42. The molecule has 13 nitrogen and oxygen atoms in total. The van der Waals surface area contributed by atoms with Crippen molar-refractivity contribution in [3.8, 4) is 11.4 Å². The number of piperidine rings is 1. The van der Waals surface area contributed by atoms with E-state index in [1.807, 2.05) is 67.8 Å². The van der Waals surface area contributed by atoms with Crippen LogP contribution < -0.4 is 20.3 Å². The molecular formula is C39H47FN8O5S. The molecule has 4 atom stereocenters. The van der Waals surface area contributed by atoms with Gasteiger partial charge in [0, 0.05) is 23.6 Å². The standard InChI is InChI=1S/C39H47FN8O5S/c1-24-10-9-11-25(2)47(24)38-44-43-35-19-15-27(22-46(35)38)53-33-18-17-31(28-12-7-8-13-29(28)33)41-37(49)42-36-21-34(39(3,4)5)45-48(36)32-20-26(14-16-30(32)40)23-52-54(6,50)51/h7-8,12-16,19-22,24-25,31,33H,9-11,17-18,23H2,1-6H3,(H2,41,42,49)/t24-,25+,31-,33+/m0/s1. The molecule has 0 unspecified atom stereocenters. The Balaban J connectivity index is 1.10. The number of rotatable bonds is 9. The van der Waals surface area contributed by atoms with Gasteiger partial charge in [0.15, 0.2) is 5.65 Å². The lowest BCUT2D eigenvalue weighted by Gasteiger charge is -2.39. The van der Waals surface area contributed by atoms with E-state index in [2.05, 4.69) is 44.7 Å². The van der Waals surface area contributed by atoms with Gasteiger partial charge in [-0.3, -0.25) is 13.9 Å². The van der Waals surface area contributed by atoms with Gasteiger partial charge in [0.2, 0.25) is 5.95 Å². The number of nitrogens with zero attached hydrogens (tertiary/aromatic N) is 6. The third kappa shape index (κ3) is 7.92. The largest absolute Gasteiger partial charge is 0.484 e. The average Bonchev–Trinajstić information content (AvgIpc) is 3.73. The Morgan fingerprint density at radius 3 is 2.43 bits per heavy atom. The molecule has 15 heteroatoms. The first-order valence-corrected chi connectivity index (χ1v) is 20.2. The predicted octanol–water partition coefficient (Wildman–Crippen LogP) is 7.37. The molecule has 2 N–H and O–H groups in total. The summed E-state index contributed by atoms with van der Waals surface area (Å²) in [4.78, 5) is 16.0. The number of fused-ring (bicyclic) bond motifs is 2. The first-order chi connectivity index (χ1) is 25.6. The summed E-state index contributed by atoms with van der Waals surface area (Å²) < 4.78 is 53.4. The normalized spacial score (nSPS) is 20.5. The van der Waals surface area contributed by atoms with E-state index in [0.29, 0.717) is 41.9 Å². The van der Waals surface area contributed by atoms with Gasteiger partial charge in [-0.05, 0) is 86.9 Å². The molecule has 2 amide bonds. The van der Waals surface area contributed by atoms with Crippen molar-refractivity contribution in [1.29, 1.82) is 0 Å². The molecule has 0 radical (unpaired) electrons. The van der Waals surface area contributed by atoms with Gasteiger partial charge in [0.05, 0.1) is 30.8 Å². The van der Waals surface area contributed by atoms with Crippen molar-refractivity contribution in [3.05, 3.63) is 95.1 Å². The van der Waals surface area contributed by atoms with E-state index in [9.17, 15) is 13.2 Å². The van der Waals surface area contributed by atoms with Gasteiger partial charge in [-0.25, -0.2) is 13.9 Å². The Hall–Kier alpha value is -5.02. The van der Waals surface area contributed by atoms with Crippen LogP contribution in [0.25, 0.3) is 11.3 Å². The molecule has 0 bridgehead atoms. The van der Waals surface area contributed by atoms with Gasteiger partial charge in [-0.15, -0.1) is 10.2 Å². The third-order valence-corrected chi connectivity index (χ3v) is 10.7. The smallest absolute Gasteiger partial charge is 0.320 e. The highest BCUT2D eigenvalue weighted by Gasteiger charge is 2.32. The number of aromatic nitrogens is 5. The summed E-state index contributed by atoms with van der Waals surface area (Å²) in [7, 11) is -3.72. The number of benzene rings is 2. The first-order valence-electron chi connectivity index (χ1n) is 18.3. The minimum absolute atomic E-state index is 0.0372. The quantitative estimate of drug-likeness (QED) is 0.147. The predicted molar refractivity (Wildman–Crippen MR) is 204 cm³/mol. The molecule has 0 spiro atoms. The maximum absolute atomic E-state index is 15.3. The van der Waals surface area contributed by atoms with Gasteiger partial charge in [0.25, 0.3) is 10.1 Å². The number of hydrogen-bond acceptors (Lipinski definition) is 9. The summed E-state index contributed by atoms with van der Waals surface area (Å²) >= 11 is 0. The minimum Gasteiger partial charge on any atom is -0.484 e. The maximum atomic E-state index is 15.3. The fourth-order valence-corrected chi connectivity index (χ4v) is 7.77. The Labute approximate surface area is 315 Å². The van der Waals surface area contributed by atoms with E-state index >= 15 is 4.39 Å². The van der Waals surface area contributed by atoms with Crippen LogP contribution in [0.15, 0.2) is 66.9 Å². The first kappa shape index (κ1) is 37.3. The lowest BCUT2D eigenvalue weighted by atomic mass is 9.85. The average molecular weight is 759 g/mol. The molecule has 7 rings (SSSR count). The minimum atomic E-state index is -3.72. The van der Waals surface area contributed by atoms with Crippen molar-refractivity contribution in [3.63, 3.8) is 0 Å². The second-order valence-corrected chi connectivity index (χ2v) is 17.1. The number of urea groups is 1. The molecule has 4 heterocycles. The number of pyridine rings is 1. The van der Waals surface area contributed by atoms with Crippen molar-refractivity contribution < 1.29 is 26.5 Å². The van der Waals surface area contributed by atoms with E-state index in [4.69, 9.17) is 8.92 Å². The van der Waals surface area contributed by atoms with Crippen molar-refractivity contribution in [2.45, 2.75) is 103 Å². The van der Waals surface area contributed by atoms with Crippen molar-refractivity contribution >= 4 is 33.6 Å². The van der Waals surface area contributed by atoms with E-state index in [0.717, 1.165) is 41.8 Å². The zero-order chi connectivity index (χ0) is 38.4. The Kier molecular flexibility index (Phi) is 10.1. The summed E-state index contributed by atoms with van der Waals surface area (Å²) in [6.45, 7) is 10.1. The molecule has 54 heavy (non-hydrogen) atoms. The molecule has 1 aliphatic heterocycles. The van der Waals surface area contributed by atoms with Crippen molar-refractivity contribution in [2.75, 3.05) is 16.5 Å².